The fourth-order valence-electron chi connectivity index (χ4n) is 4.97. The summed E-state index contributed by atoms with van der Waals surface area (Å²) >= 11 is 12.3. The quantitative estimate of drug-likeness (QED) is 0.409. The molecule has 5 heteroatoms. The molecule has 0 amide bonds. The fourth-order valence-corrected chi connectivity index (χ4v) is 5.67. The second-order valence-electron chi connectivity index (χ2n) is 9.72. The van der Waals surface area contributed by atoms with Crippen LogP contribution in [-0.2, 0) is 22.3 Å². The van der Waals surface area contributed by atoms with Gasteiger partial charge >= 0.3 is 0 Å². The number of rotatable bonds is 1. The van der Waals surface area contributed by atoms with Crippen molar-refractivity contribution in [1.82, 2.24) is 0 Å². The normalized spacial score (nSPS) is 25.0. The molecule has 1 heterocycles. The molecule has 33 heavy (non-hydrogen) atoms. The molecule has 3 nitrogen and oxygen atoms in total. The van der Waals surface area contributed by atoms with E-state index >= 15 is 0 Å². The number of aryl methyl sites for hydroxylation is 2. The zero-order chi connectivity index (χ0) is 24.3. The lowest BCUT2D eigenvalue weighted by Gasteiger charge is -2.14. The van der Waals surface area contributed by atoms with Gasteiger partial charge in [-0.05, 0) is 98.4 Å². The smallest absolute Gasteiger partial charge is 0.166 e. The first-order valence-corrected chi connectivity index (χ1v) is 12.6. The third kappa shape index (κ3) is 6.19. The molecular weight excluding hydrogens is 455 g/mol. The summed E-state index contributed by atoms with van der Waals surface area (Å²) in [5.41, 5.74) is 6.69. The van der Waals surface area contributed by atoms with Crippen molar-refractivity contribution in [3.63, 3.8) is 0 Å². The molecule has 3 aliphatic rings. The van der Waals surface area contributed by atoms with Crippen molar-refractivity contribution < 1.29 is 14.3 Å². The first kappa shape index (κ1) is 26.2. The monoisotopic (exact) mass is 490 g/mol. The largest absolute Gasteiger partial charge is 0.379 e. The van der Waals surface area contributed by atoms with Crippen molar-refractivity contribution in [3.8, 4) is 0 Å². The third-order valence-corrected chi connectivity index (χ3v) is 7.37. The minimum absolute atomic E-state index is 0.106. The van der Waals surface area contributed by atoms with Gasteiger partial charge in [-0.2, -0.15) is 0 Å². The Kier molecular flexibility index (Phi) is 9.02. The molecule has 1 aliphatic heterocycles. The van der Waals surface area contributed by atoms with Crippen molar-refractivity contribution >= 4 is 29.0 Å². The molecule has 2 aromatic rings. The lowest BCUT2D eigenvalue weighted by atomic mass is 10.0. The Morgan fingerprint density at radius 3 is 2.12 bits per heavy atom. The number of hydrogen-bond acceptors (Lipinski definition) is 3. The van der Waals surface area contributed by atoms with Gasteiger partial charge in [0.05, 0.1) is 12.2 Å². The summed E-state index contributed by atoms with van der Waals surface area (Å²) < 4.78 is 10.7. The van der Waals surface area contributed by atoms with E-state index in [-0.39, 0.29) is 17.8 Å². The average molecular weight is 491 g/mol. The summed E-state index contributed by atoms with van der Waals surface area (Å²) in [6.07, 6.45) is 5.13. The molecule has 1 fully saturated rings. The molecule has 5 rings (SSSR count). The number of hydrogen-bond donors (Lipinski definition) is 0. The highest BCUT2D eigenvalue weighted by Gasteiger charge is 2.31. The van der Waals surface area contributed by atoms with Gasteiger partial charge in [-0.3, -0.25) is 4.79 Å². The predicted octanol–water partition coefficient (Wildman–Crippen LogP) is 7.74. The highest BCUT2D eigenvalue weighted by Crippen LogP contribution is 2.41. The van der Waals surface area contributed by atoms with Crippen LogP contribution in [0.4, 0.5) is 0 Å². The Hall–Kier alpha value is -1.39. The van der Waals surface area contributed by atoms with E-state index < -0.39 is 0 Å². The molecule has 2 aliphatic carbocycles. The second-order valence-corrected chi connectivity index (χ2v) is 10.5. The maximum Gasteiger partial charge on any atom is 0.166 e. The van der Waals surface area contributed by atoms with E-state index in [4.69, 9.17) is 32.7 Å². The summed E-state index contributed by atoms with van der Waals surface area (Å²) in [5, 5.41) is 1.64. The van der Waals surface area contributed by atoms with E-state index in [0.29, 0.717) is 12.0 Å². The van der Waals surface area contributed by atoms with Crippen LogP contribution in [0.15, 0.2) is 24.3 Å². The van der Waals surface area contributed by atoms with E-state index in [2.05, 4.69) is 26.8 Å². The Bertz CT molecular complexity index is 995. The average Bonchev–Trinajstić information content (AvgIpc) is 3.42. The van der Waals surface area contributed by atoms with Gasteiger partial charge in [0.15, 0.2) is 5.78 Å². The molecule has 2 aromatic carbocycles. The molecule has 1 saturated heterocycles. The Morgan fingerprint density at radius 1 is 0.939 bits per heavy atom. The molecule has 0 bridgehead atoms. The Labute approximate surface area is 208 Å². The lowest BCUT2D eigenvalue weighted by molar-refractivity contribution is 0.0695. The molecule has 0 saturated carbocycles. The van der Waals surface area contributed by atoms with Gasteiger partial charge in [-0.1, -0.05) is 43.1 Å². The van der Waals surface area contributed by atoms with Crippen LogP contribution in [0.25, 0.3) is 0 Å². The summed E-state index contributed by atoms with van der Waals surface area (Å²) in [7, 11) is 1.77. The topological polar surface area (TPSA) is 35.5 Å². The molecule has 0 N–H and O–H groups in total. The maximum absolute atomic E-state index is 11.6. The van der Waals surface area contributed by atoms with Crippen LogP contribution in [0.3, 0.4) is 0 Å². The van der Waals surface area contributed by atoms with Gasteiger partial charge in [-0.15, -0.1) is 0 Å². The molecular formula is C28H36Cl2O3. The highest BCUT2D eigenvalue weighted by molar-refractivity contribution is 6.32. The van der Waals surface area contributed by atoms with Gasteiger partial charge in [0.1, 0.15) is 0 Å². The summed E-state index contributed by atoms with van der Waals surface area (Å²) in [4.78, 5) is 11.6. The Morgan fingerprint density at radius 2 is 1.58 bits per heavy atom. The van der Waals surface area contributed by atoms with E-state index in [0.717, 1.165) is 46.2 Å². The van der Waals surface area contributed by atoms with Gasteiger partial charge in [-0.25, -0.2) is 0 Å². The number of Topliss-reactive ketones (excluding diaryl/α,β-unsaturated/α-hetero) is 1. The number of carbonyl (C=O) groups is 1. The fraction of sp³-hybridized carbons (Fsp3) is 0.536. The second kappa shape index (κ2) is 11.4. The summed E-state index contributed by atoms with van der Waals surface area (Å²) in [6.45, 7) is 11.3. The van der Waals surface area contributed by atoms with Gasteiger partial charge in [0.2, 0.25) is 0 Å². The number of benzene rings is 2. The van der Waals surface area contributed by atoms with Crippen molar-refractivity contribution in [2.75, 3.05) is 13.7 Å². The first-order valence-electron chi connectivity index (χ1n) is 11.9. The SMILES string of the molecule is CC1CCCO1.COC1c2cc(C)cc(Cl)c2CC1C.Cc1cc(Cl)c2c(c1)C(=O)C(C)C2. The zero-order valence-electron chi connectivity index (χ0n) is 20.6. The van der Waals surface area contributed by atoms with Crippen LogP contribution in [-0.4, -0.2) is 25.6 Å². The molecule has 180 valence electrons. The lowest BCUT2D eigenvalue weighted by Crippen LogP contribution is -2.05. The molecule has 0 aromatic heterocycles. The molecule has 4 atom stereocenters. The van der Waals surface area contributed by atoms with Crippen LogP contribution >= 0.6 is 23.2 Å². The van der Waals surface area contributed by atoms with E-state index in [9.17, 15) is 4.79 Å². The van der Waals surface area contributed by atoms with Crippen molar-refractivity contribution in [2.24, 2.45) is 11.8 Å². The minimum Gasteiger partial charge on any atom is -0.379 e. The van der Waals surface area contributed by atoms with Crippen molar-refractivity contribution in [1.29, 1.82) is 0 Å². The summed E-state index contributed by atoms with van der Waals surface area (Å²) in [6, 6.07) is 8.09. The minimum atomic E-state index is 0.106. The molecule has 0 spiro atoms. The zero-order valence-corrected chi connectivity index (χ0v) is 22.1. The van der Waals surface area contributed by atoms with E-state index in [1.54, 1.807) is 7.11 Å². The number of carbonyl (C=O) groups excluding carboxylic acids is 1. The van der Waals surface area contributed by atoms with Gasteiger partial charge in [0, 0.05) is 35.2 Å². The number of fused-ring (bicyclic) bond motifs is 2. The Balaban J connectivity index is 0.000000150. The van der Waals surface area contributed by atoms with Gasteiger partial charge < -0.3 is 9.47 Å². The predicted molar refractivity (Wildman–Crippen MR) is 137 cm³/mol. The van der Waals surface area contributed by atoms with Crippen LogP contribution in [0.5, 0.6) is 0 Å². The van der Waals surface area contributed by atoms with Crippen molar-refractivity contribution in [3.05, 3.63) is 67.7 Å². The van der Waals surface area contributed by atoms with Crippen LogP contribution in [0, 0.1) is 25.7 Å². The summed E-state index contributed by atoms with van der Waals surface area (Å²) in [5.74, 6) is 0.879. The number of methoxy groups -OCH3 is 1. The number of ether oxygens (including phenoxy) is 2. The standard InChI is InChI=1S/C12H15ClO.C11H11ClO.C5H10O/c1-7-4-10-9(11(13)5-7)6-8(2)12(10)14-3;1-6-3-9-8(10(12)4-6)5-7(2)11(9)13;1-5-3-2-4-6-5/h4-5,8,12H,6H2,1-3H3;3-4,7H,5H2,1-2H3;5H,2-4H2,1H3. The number of halogens is 2. The van der Waals surface area contributed by atoms with Crippen LogP contribution in [0.1, 0.15) is 77.9 Å². The van der Waals surface area contributed by atoms with Crippen LogP contribution < -0.4 is 0 Å². The van der Waals surface area contributed by atoms with Crippen LogP contribution in [0.2, 0.25) is 10.0 Å². The molecule has 0 radical (unpaired) electrons. The van der Waals surface area contributed by atoms with E-state index in [1.807, 2.05) is 32.0 Å². The number of ketones is 1. The van der Waals surface area contributed by atoms with Crippen molar-refractivity contribution in [2.45, 2.75) is 72.5 Å². The molecule has 4 unspecified atom stereocenters. The first-order chi connectivity index (χ1) is 15.6. The van der Waals surface area contributed by atoms with E-state index in [1.165, 1.54) is 29.5 Å². The maximum atomic E-state index is 11.6. The van der Waals surface area contributed by atoms with Gasteiger partial charge in [0.25, 0.3) is 0 Å². The highest BCUT2D eigenvalue weighted by atomic mass is 35.5. The third-order valence-electron chi connectivity index (χ3n) is 6.70.